The number of hydrogen-bond donors (Lipinski definition) is 1. The summed E-state index contributed by atoms with van der Waals surface area (Å²) in [5, 5.41) is 3.02. The van der Waals surface area contributed by atoms with Crippen molar-refractivity contribution in [1.29, 1.82) is 0 Å². The third kappa shape index (κ3) is 4.39. The van der Waals surface area contributed by atoms with Gasteiger partial charge >= 0.3 is 6.18 Å². The van der Waals surface area contributed by atoms with Crippen molar-refractivity contribution in [2.24, 2.45) is 4.99 Å². The van der Waals surface area contributed by atoms with E-state index in [1.165, 1.54) is 0 Å². The molecule has 1 fully saturated rings. The summed E-state index contributed by atoms with van der Waals surface area (Å²) in [5.74, 6) is -1.85. The fourth-order valence-corrected chi connectivity index (χ4v) is 4.69. The number of ether oxygens (including phenoxy) is 1. The number of aliphatic imine (C=N–C) groups is 1. The van der Waals surface area contributed by atoms with Crippen LogP contribution in [-0.4, -0.2) is 62.1 Å². The smallest absolute Gasteiger partial charge is 0.385 e. The van der Waals surface area contributed by atoms with Crippen molar-refractivity contribution in [3.63, 3.8) is 0 Å². The van der Waals surface area contributed by atoms with E-state index in [0.717, 1.165) is 24.6 Å². The molecule has 1 aromatic heterocycles. The van der Waals surface area contributed by atoms with Gasteiger partial charge in [0, 0.05) is 51.5 Å². The number of likely N-dealkylation sites (N-methyl/N-ethyl adjacent to an activating group) is 1. The molecular weight excluding hydrogens is 439 g/mol. The molecule has 11 heteroatoms. The van der Waals surface area contributed by atoms with Gasteiger partial charge in [0.05, 0.1) is 16.9 Å². The molecule has 0 saturated carbocycles. The largest absolute Gasteiger partial charge is 0.425 e. The molecule has 2 aliphatic rings. The zero-order valence-electron chi connectivity index (χ0n) is 16.9. The molecule has 0 aliphatic carbocycles. The highest BCUT2D eigenvalue weighted by molar-refractivity contribution is 7.16. The summed E-state index contributed by atoms with van der Waals surface area (Å²) < 4.78 is 73.1. The lowest BCUT2D eigenvalue weighted by molar-refractivity contribution is -0.134. The van der Waals surface area contributed by atoms with Gasteiger partial charge in [-0.05, 0) is 19.5 Å². The lowest BCUT2D eigenvalue weighted by Crippen LogP contribution is -2.53. The molecule has 3 heterocycles. The summed E-state index contributed by atoms with van der Waals surface area (Å²) in [6, 6.07) is 3.03. The third-order valence-corrected chi connectivity index (χ3v) is 6.59. The van der Waals surface area contributed by atoms with Gasteiger partial charge in [-0.3, -0.25) is 4.90 Å². The van der Waals surface area contributed by atoms with Crippen LogP contribution in [0.3, 0.4) is 0 Å². The van der Waals surface area contributed by atoms with E-state index in [4.69, 9.17) is 4.74 Å². The zero-order valence-corrected chi connectivity index (χ0v) is 17.7. The van der Waals surface area contributed by atoms with Crippen LogP contribution in [0.15, 0.2) is 23.2 Å². The number of alkyl halides is 3. The zero-order chi connectivity index (χ0) is 22.3. The number of halogens is 5. The van der Waals surface area contributed by atoms with Crippen molar-refractivity contribution < 1.29 is 26.7 Å². The molecule has 168 valence electrons. The predicted octanol–water partition coefficient (Wildman–Crippen LogP) is 4.83. The lowest BCUT2D eigenvalue weighted by Gasteiger charge is -2.40. The summed E-state index contributed by atoms with van der Waals surface area (Å²) in [6.45, 7) is 2.28. The molecule has 4 rings (SSSR count). The number of fused-ring (bicyclic) bond motifs is 2. The average Bonchev–Trinajstić information content (AvgIpc) is 3.07. The topological polar surface area (TPSA) is 40.1 Å². The Labute approximate surface area is 180 Å². The first-order valence-corrected chi connectivity index (χ1v) is 10.5. The highest BCUT2D eigenvalue weighted by atomic mass is 32.1. The number of benzene rings is 1. The van der Waals surface area contributed by atoms with E-state index in [1.54, 1.807) is 7.11 Å². The Morgan fingerprint density at radius 2 is 1.94 bits per heavy atom. The minimum atomic E-state index is -4.52. The van der Waals surface area contributed by atoms with Crippen LogP contribution in [0.5, 0.6) is 0 Å². The van der Waals surface area contributed by atoms with Crippen molar-refractivity contribution in [1.82, 2.24) is 9.80 Å². The minimum absolute atomic E-state index is 0.112. The van der Waals surface area contributed by atoms with E-state index < -0.39 is 22.7 Å². The lowest BCUT2D eigenvalue weighted by atomic mass is 10.1. The Morgan fingerprint density at radius 1 is 1.19 bits per heavy atom. The van der Waals surface area contributed by atoms with Crippen LogP contribution in [-0.2, 0) is 10.9 Å². The minimum Gasteiger partial charge on any atom is -0.385 e. The van der Waals surface area contributed by atoms with Crippen LogP contribution in [0.25, 0.3) is 0 Å². The number of anilines is 2. The van der Waals surface area contributed by atoms with Gasteiger partial charge in [-0.2, -0.15) is 13.2 Å². The summed E-state index contributed by atoms with van der Waals surface area (Å²) in [4.78, 5) is 7.80. The maximum atomic E-state index is 13.9. The van der Waals surface area contributed by atoms with Crippen molar-refractivity contribution in [2.75, 3.05) is 45.7 Å². The second-order valence-corrected chi connectivity index (χ2v) is 8.61. The van der Waals surface area contributed by atoms with E-state index in [2.05, 4.69) is 15.2 Å². The molecule has 1 saturated heterocycles. The SMILES string of the molecule is COCC[C@H]1CN(C2=Nc3cc(F)c(F)cc3Nc3sc(C(F)(F)F)cc32)CCN1C. The highest BCUT2D eigenvalue weighted by Crippen LogP contribution is 2.44. The van der Waals surface area contributed by atoms with Gasteiger partial charge in [0.2, 0.25) is 0 Å². The molecule has 0 radical (unpaired) electrons. The summed E-state index contributed by atoms with van der Waals surface area (Å²) in [7, 11) is 3.60. The van der Waals surface area contributed by atoms with Gasteiger partial charge in [-0.1, -0.05) is 0 Å². The summed E-state index contributed by atoms with van der Waals surface area (Å²) >= 11 is 0.522. The van der Waals surface area contributed by atoms with Gasteiger partial charge in [0.15, 0.2) is 11.6 Å². The molecule has 1 atom stereocenters. The van der Waals surface area contributed by atoms with Crippen molar-refractivity contribution in [3.8, 4) is 0 Å². The van der Waals surface area contributed by atoms with Crippen molar-refractivity contribution in [3.05, 3.63) is 40.3 Å². The Bertz CT molecular complexity index is 1010. The highest BCUT2D eigenvalue weighted by Gasteiger charge is 2.37. The molecule has 1 N–H and O–H groups in total. The Hall–Kier alpha value is -2.24. The third-order valence-electron chi connectivity index (χ3n) is 5.50. The molecule has 0 unspecified atom stereocenters. The maximum absolute atomic E-state index is 13.9. The number of thiophene rings is 1. The molecule has 2 aromatic rings. The first-order valence-electron chi connectivity index (χ1n) is 9.67. The number of hydrogen-bond acceptors (Lipinski definition) is 6. The number of piperazine rings is 1. The molecule has 0 amide bonds. The number of nitrogens with zero attached hydrogens (tertiary/aromatic N) is 3. The van der Waals surface area contributed by atoms with Crippen LogP contribution in [0, 0.1) is 11.6 Å². The van der Waals surface area contributed by atoms with Crippen LogP contribution < -0.4 is 5.32 Å². The molecule has 1 aromatic carbocycles. The normalized spacial score (nSPS) is 19.4. The van der Waals surface area contributed by atoms with E-state index in [0.29, 0.717) is 43.4 Å². The van der Waals surface area contributed by atoms with Crippen LogP contribution >= 0.6 is 11.3 Å². The fraction of sp³-hybridized carbons (Fsp3) is 0.450. The number of amidine groups is 1. The van der Waals surface area contributed by atoms with Gasteiger partial charge in [-0.15, -0.1) is 11.3 Å². The molecule has 2 aliphatic heterocycles. The number of nitrogens with one attached hydrogen (secondary N) is 1. The maximum Gasteiger partial charge on any atom is 0.425 e. The van der Waals surface area contributed by atoms with Gasteiger partial charge in [0.25, 0.3) is 0 Å². The first-order chi connectivity index (χ1) is 14.7. The van der Waals surface area contributed by atoms with Crippen LogP contribution in [0.2, 0.25) is 0 Å². The van der Waals surface area contributed by atoms with Crippen molar-refractivity contribution in [2.45, 2.75) is 18.6 Å². The standard InChI is InChI=1S/C20H21F5N4OS/c1-28-4-5-29(10-11(28)3-6-30-2)18-12-7-17(20(23,24)25)31-19(12)27-16-9-14(22)13(21)8-15(16)26-18/h7-9,11,27H,3-6,10H2,1-2H3/t11-/m0/s1. The van der Waals surface area contributed by atoms with Gasteiger partial charge in [0.1, 0.15) is 15.7 Å². The predicted molar refractivity (Wildman–Crippen MR) is 110 cm³/mol. The van der Waals surface area contributed by atoms with Gasteiger partial charge < -0.3 is 15.0 Å². The number of methoxy groups -OCH3 is 1. The van der Waals surface area contributed by atoms with E-state index in [1.807, 2.05) is 11.9 Å². The second-order valence-electron chi connectivity index (χ2n) is 7.56. The van der Waals surface area contributed by atoms with Gasteiger partial charge in [-0.25, -0.2) is 13.8 Å². The molecule has 0 spiro atoms. The van der Waals surface area contributed by atoms with Crippen molar-refractivity contribution >= 4 is 33.5 Å². The molecule has 31 heavy (non-hydrogen) atoms. The fourth-order valence-electron chi connectivity index (χ4n) is 3.76. The monoisotopic (exact) mass is 460 g/mol. The Kier molecular flexibility index (Phi) is 5.93. The van der Waals surface area contributed by atoms with Crippen LogP contribution in [0.1, 0.15) is 16.9 Å². The Morgan fingerprint density at radius 3 is 2.65 bits per heavy atom. The molecular formula is C20H21F5N4OS. The van der Waals surface area contributed by atoms with Crippen LogP contribution in [0.4, 0.5) is 38.3 Å². The molecule has 0 bridgehead atoms. The van der Waals surface area contributed by atoms with E-state index in [9.17, 15) is 22.0 Å². The average molecular weight is 460 g/mol. The number of rotatable bonds is 3. The second kappa shape index (κ2) is 8.36. The molecule has 5 nitrogen and oxygen atoms in total. The summed E-state index contributed by atoms with van der Waals surface area (Å²) in [6.07, 6.45) is -3.78. The van der Waals surface area contributed by atoms with E-state index >= 15 is 0 Å². The first kappa shape index (κ1) is 22.0. The summed E-state index contributed by atoms with van der Waals surface area (Å²) in [5.41, 5.74) is 0.526. The van der Waals surface area contributed by atoms with E-state index in [-0.39, 0.29) is 28.0 Å². The Balaban J connectivity index is 1.79. The quantitative estimate of drug-likeness (QED) is 0.666.